The SMILES string of the molecule is O=C(Nc1ccc(F)c(NC(=O)C(F)F)c1F)c1cc(NC(=O)C2[C@H](c3cc(Cl)c(Cl)c(Cl)c3)C2(Cl)Cl)ccc1Cl. The highest BCUT2D eigenvalue weighted by Crippen LogP contribution is 2.65. The Labute approximate surface area is 259 Å². The van der Waals surface area contributed by atoms with Crippen LogP contribution in [0.1, 0.15) is 21.8 Å². The predicted octanol–water partition coefficient (Wildman–Crippen LogP) is 8.56. The number of anilines is 3. The van der Waals surface area contributed by atoms with Crippen LogP contribution in [0, 0.1) is 17.6 Å². The van der Waals surface area contributed by atoms with Gasteiger partial charge in [0.05, 0.1) is 37.3 Å². The Kier molecular flexibility index (Phi) is 9.23. The summed E-state index contributed by atoms with van der Waals surface area (Å²) in [6, 6.07) is 8.21. The lowest BCUT2D eigenvalue weighted by Crippen LogP contribution is -2.22. The van der Waals surface area contributed by atoms with E-state index in [0.29, 0.717) is 11.6 Å². The van der Waals surface area contributed by atoms with Crippen LogP contribution in [0.15, 0.2) is 42.5 Å². The maximum atomic E-state index is 14.7. The topological polar surface area (TPSA) is 87.3 Å². The molecular formula is C25H13Cl6F4N3O3. The third-order valence-corrected chi connectivity index (χ3v) is 8.43. The largest absolute Gasteiger partial charge is 0.326 e. The van der Waals surface area contributed by atoms with Crippen LogP contribution in [0.4, 0.5) is 34.6 Å². The van der Waals surface area contributed by atoms with Crippen molar-refractivity contribution in [2.24, 2.45) is 5.92 Å². The Bertz CT molecular complexity index is 1570. The number of carbonyl (C=O) groups is 3. The molecule has 1 fully saturated rings. The molecule has 3 aromatic carbocycles. The van der Waals surface area contributed by atoms with Crippen LogP contribution in [-0.2, 0) is 9.59 Å². The van der Waals surface area contributed by atoms with Gasteiger partial charge < -0.3 is 16.0 Å². The minimum atomic E-state index is -3.54. The van der Waals surface area contributed by atoms with Crippen molar-refractivity contribution in [3.05, 3.63) is 85.3 Å². The Morgan fingerprint density at radius 1 is 0.829 bits per heavy atom. The molecule has 0 bridgehead atoms. The highest BCUT2D eigenvalue weighted by molar-refractivity contribution is 6.54. The maximum Gasteiger partial charge on any atom is 0.315 e. The molecule has 1 aliphatic rings. The molecule has 6 nitrogen and oxygen atoms in total. The summed E-state index contributed by atoms with van der Waals surface area (Å²) in [5, 5.41) is 6.37. The molecule has 3 aromatic rings. The van der Waals surface area contributed by atoms with Gasteiger partial charge in [-0.2, -0.15) is 8.78 Å². The Hall–Kier alpha value is -2.47. The number of nitrogens with one attached hydrogen (secondary N) is 3. The van der Waals surface area contributed by atoms with E-state index in [1.807, 2.05) is 0 Å². The number of hydrogen-bond donors (Lipinski definition) is 3. The second-order valence-corrected chi connectivity index (χ2v) is 11.7. The van der Waals surface area contributed by atoms with Crippen molar-refractivity contribution in [3.8, 4) is 0 Å². The minimum Gasteiger partial charge on any atom is -0.326 e. The molecule has 3 amide bonds. The minimum absolute atomic E-state index is 0.0796. The second kappa shape index (κ2) is 12.0. The van der Waals surface area contributed by atoms with Gasteiger partial charge in [0.25, 0.3) is 11.8 Å². The molecule has 0 aromatic heterocycles. The lowest BCUT2D eigenvalue weighted by Gasteiger charge is -2.13. The number of carbonyl (C=O) groups excluding carboxylic acids is 3. The van der Waals surface area contributed by atoms with Gasteiger partial charge >= 0.3 is 6.43 Å². The Balaban J connectivity index is 1.52. The molecule has 1 aliphatic carbocycles. The number of rotatable bonds is 7. The number of benzene rings is 3. The third-order valence-electron chi connectivity index (χ3n) is 5.97. The van der Waals surface area contributed by atoms with Gasteiger partial charge in [-0.05, 0) is 48.0 Å². The van der Waals surface area contributed by atoms with Crippen molar-refractivity contribution in [1.82, 2.24) is 0 Å². The van der Waals surface area contributed by atoms with E-state index in [1.54, 1.807) is 0 Å². The Morgan fingerprint density at radius 2 is 1.46 bits per heavy atom. The van der Waals surface area contributed by atoms with Crippen LogP contribution >= 0.6 is 69.6 Å². The van der Waals surface area contributed by atoms with Crippen molar-refractivity contribution in [2.45, 2.75) is 16.7 Å². The van der Waals surface area contributed by atoms with E-state index < -0.39 is 63.3 Å². The summed E-state index contributed by atoms with van der Waals surface area (Å²) < 4.78 is 52.3. The summed E-state index contributed by atoms with van der Waals surface area (Å²) in [5.41, 5.74) is -1.54. The van der Waals surface area contributed by atoms with Gasteiger partial charge in [0, 0.05) is 11.6 Å². The van der Waals surface area contributed by atoms with Crippen LogP contribution < -0.4 is 16.0 Å². The zero-order valence-electron chi connectivity index (χ0n) is 19.8. The fraction of sp³-hybridized carbons (Fsp3) is 0.160. The Morgan fingerprint density at radius 3 is 2.07 bits per heavy atom. The molecular weight excluding hydrogens is 679 g/mol. The van der Waals surface area contributed by atoms with Crippen LogP contribution in [0.3, 0.4) is 0 Å². The lowest BCUT2D eigenvalue weighted by atomic mass is 10.1. The molecule has 0 saturated heterocycles. The first-order chi connectivity index (χ1) is 19.1. The van der Waals surface area contributed by atoms with Crippen LogP contribution in [0.25, 0.3) is 0 Å². The molecule has 1 unspecified atom stereocenters. The standard InChI is InChI=1S/C25H13Cl6F4N3O3/c26-11-2-1-9(36-23(40)17-16(25(17,30)31)8-5-12(27)18(29)13(28)6-8)7-10(11)22(39)37-15-4-3-14(32)20(19(15)33)38-24(41)21(34)35/h1-7,16-17,21H,(H,36,40)(H,37,39)(H,38,41)/t16-,17?/m0/s1. The fourth-order valence-electron chi connectivity index (χ4n) is 3.95. The van der Waals surface area contributed by atoms with Gasteiger partial charge in [0.15, 0.2) is 5.82 Å². The summed E-state index contributed by atoms with van der Waals surface area (Å²) in [7, 11) is 0. The first kappa shape index (κ1) is 31.5. The molecule has 16 heteroatoms. The molecule has 3 N–H and O–H groups in total. The van der Waals surface area contributed by atoms with Gasteiger partial charge in [0.2, 0.25) is 5.91 Å². The van der Waals surface area contributed by atoms with Crippen molar-refractivity contribution in [1.29, 1.82) is 0 Å². The average Bonchev–Trinajstić information content (AvgIpc) is 3.49. The maximum absolute atomic E-state index is 14.7. The van der Waals surface area contributed by atoms with Crippen LogP contribution in [0.5, 0.6) is 0 Å². The normalized spacial score (nSPS) is 17.2. The van der Waals surface area contributed by atoms with Gasteiger partial charge in [-0.3, -0.25) is 14.4 Å². The van der Waals surface area contributed by atoms with Gasteiger partial charge in [0.1, 0.15) is 15.8 Å². The highest BCUT2D eigenvalue weighted by Gasteiger charge is 2.67. The van der Waals surface area contributed by atoms with E-state index in [2.05, 4.69) is 10.6 Å². The highest BCUT2D eigenvalue weighted by atomic mass is 35.5. The predicted molar refractivity (Wildman–Crippen MR) is 151 cm³/mol. The van der Waals surface area contributed by atoms with E-state index in [-0.39, 0.29) is 31.3 Å². The quantitative estimate of drug-likeness (QED) is 0.132. The number of hydrogen-bond acceptors (Lipinski definition) is 3. The molecule has 0 heterocycles. The third kappa shape index (κ3) is 6.48. The van der Waals surface area contributed by atoms with Crippen LogP contribution in [-0.4, -0.2) is 28.5 Å². The summed E-state index contributed by atoms with van der Waals surface area (Å²) in [5.74, 6) is -8.11. The molecule has 41 heavy (non-hydrogen) atoms. The van der Waals surface area contributed by atoms with Gasteiger partial charge in [-0.15, -0.1) is 23.2 Å². The molecule has 0 spiro atoms. The molecule has 216 valence electrons. The first-order valence-electron chi connectivity index (χ1n) is 11.1. The van der Waals surface area contributed by atoms with Crippen molar-refractivity contribution >= 4 is 104 Å². The molecule has 0 radical (unpaired) electrons. The lowest BCUT2D eigenvalue weighted by molar-refractivity contribution is -0.126. The first-order valence-corrected chi connectivity index (χ1v) is 13.4. The van der Waals surface area contributed by atoms with E-state index in [0.717, 1.165) is 12.1 Å². The summed E-state index contributed by atoms with van der Waals surface area (Å²) in [4.78, 5) is 37.1. The van der Waals surface area contributed by atoms with Crippen LogP contribution in [0.2, 0.25) is 20.1 Å². The fourth-order valence-corrected chi connectivity index (χ4v) is 5.60. The van der Waals surface area contributed by atoms with Gasteiger partial charge in [-0.1, -0.05) is 46.4 Å². The number of alkyl halides is 4. The monoisotopic (exact) mass is 689 g/mol. The smallest absolute Gasteiger partial charge is 0.315 e. The zero-order valence-corrected chi connectivity index (χ0v) is 24.3. The molecule has 4 rings (SSSR count). The van der Waals surface area contributed by atoms with E-state index in [9.17, 15) is 31.9 Å². The second-order valence-electron chi connectivity index (χ2n) is 8.64. The number of amides is 3. The summed E-state index contributed by atoms with van der Waals surface area (Å²) in [6.07, 6.45) is -3.54. The average molecular weight is 692 g/mol. The van der Waals surface area contributed by atoms with E-state index in [4.69, 9.17) is 69.6 Å². The summed E-state index contributed by atoms with van der Waals surface area (Å²) >= 11 is 37.0. The van der Waals surface area contributed by atoms with Crippen molar-refractivity contribution < 1.29 is 31.9 Å². The molecule has 2 atom stereocenters. The zero-order chi connectivity index (χ0) is 30.4. The molecule has 1 saturated carbocycles. The van der Waals surface area contributed by atoms with Crippen molar-refractivity contribution in [3.63, 3.8) is 0 Å². The van der Waals surface area contributed by atoms with Gasteiger partial charge in [-0.25, -0.2) is 8.78 Å². The van der Waals surface area contributed by atoms with E-state index in [1.165, 1.54) is 29.6 Å². The van der Waals surface area contributed by atoms with Crippen molar-refractivity contribution in [2.75, 3.05) is 16.0 Å². The summed E-state index contributed by atoms with van der Waals surface area (Å²) in [6.45, 7) is 0. The molecule has 0 aliphatic heterocycles. The van der Waals surface area contributed by atoms with E-state index >= 15 is 0 Å². The number of halogens is 10.